The van der Waals surface area contributed by atoms with E-state index in [1.807, 2.05) is 18.2 Å². The van der Waals surface area contributed by atoms with Crippen molar-refractivity contribution >= 4 is 39.9 Å². The third kappa shape index (κ3) is 4.85. The molecule has 0 aliphatic carbocycles. The van der Waals surface area contributed by atoms with Crippen molar-refractivity contribution in [3.05, 3.63) is 57.3 Å². The minimum atomic E-state index is -4.59. The summed E-state index contributed by atoms with van der Waals surface area (Å²) in [6, 6.07) is 9.15. The molecule has 2 aliphatic heterocycles. The van der Waals surface area contributed by atoms with Crippen molar-refractivity contribution in [3.63, 3.8) is 0 Å². The molecule has 0 bridgehead atoms. The molecule has 2 aromatic heterocycles. The molecule has 0 saturated carbocycles. The second-order valence-corrected chi connectivity index (χ2v) is 9.57. The van der Waals surface area contributed by atoms with Crippen molar-refractivity contribution in [2.75, 3.05) is 44.6 Å². The van der Waals surface area contributed by atoms with Crippen LogP contribution in [0.3, 0.4) is 0 Å². The highest BCUT2D eigenvalue weighted by molar-refractivity contribution is 6.31. The van der Waals surface area contributed by atoms with Gasteiger partial charge in [-0.3, -0.25) is 4.90 Å². The lowest BCUT2D eigenvalue weighted by Gasteiger charge is -2.38. The SMILES string of the molecule is FC(F)(F)c1nc(NCCN2CCc3c([nH]c4ccc(Cl)cc34)C2CNC2CNC2)ccc1Cl. The van der Waals surface area contributed by atoms with Crippen molar-refractivity contribution in [1.29, 1.82) is 0 Å². The van der Waals surface area contributed by atoms with Crippen LogP contribution in [-0.2, 0) is 12.6 Å². The van der Waals surface area contributed by atoms with E-state index < -0.39 is 16.9 Å². The van der Waals surface area contributed by atoms with E-state index in [2.05, 4.69) is 30.8 Å². The van der Waals surface area contributed by atoms with Crippen LogP contribution in [0.1, 0.15) is 23.0 Å². The average molecular weight is 513 g/mol. The van der Waals surface area contributed by atoms with Gasteiger partial charge < -0.3 is 20.9 Å². The molecule has 0 spiro atoms. The summed E-state index contributed by atoms with van der Waals surface area (Å²) in [4.78, 5) is 9.62. The van der Waals surface area contributed by atoms with Crippen LogP contribution in [0.25, 0.3) is 10.9 Å². The maximum Gasteiger partial charge on any atom is 0.434 e. The number of benzene rings is 1. The number of aromatic amines is 1. The van der Waals surface area contributed by atoms with Crippen molar-refractivity contribution in [3.8, 4) is 0 Å². The number of fused-ring (bicyclic) bond motifs is 3. The molecule has 4 heterocycles. The van der Waals surface area contributed by atoms with Gasteiger partial charge in [-0.15, -0.1) is 0 Å². The molecule has 11 heteroatoms. The number of pyridine rings is 1. The number of anilines is 1. The number of aromatic nitrogens is 2. The van der Waals surface area contributed by atoms with Gasteiger partial charge in [0.15, 0.2) is 5.69 Å². The fourth-order valence-electron chi connectivity index (χ4n) is 4.67. The minimum Gasteiger partial charge on any atom is -0.369 e. The maximum absolute atomic E-state index is 13.1. The van der Waals surface area contributed by atoms with Crippen LogP contribution in [0.2, 0.25) is 10.0 Å². The summed E-state index contributed by atoms with van der Waals surface area (Å²) in [6.45, 7) is 4.62. The zero-order chi connectivity index (χ0) is 23.9. The third-order valence-corrected chi connectivity index (χ3v) is 7.07. The molecule has 1 unspecified atom stereocenters. The zero-order valence-electron chi connectivity index (χ0n) is 18.3. The zero-order valence-corrected chi connectivity index (χ0v) is 19.8. The first-order valence-corrected chi connectivity index (χ1v) is 12.0. The van der Waals surface area contributed by atoms with Gasteiger partial charge >= 0.3 is 6.18 Å². The molecule has 5 rings (SSSR count). The fraction of sp³-hybridized carbons (Fsp3) is 0.435. The van der Waals surface area contributed by atoms with Crippen LogP contribution in [0, 0.1) is 0 Å². The van der Waals surface area contributed by atoms with Gasteiger partial charge in [0, 0.05) is 66.9 Å². The molecular formula is C23H25Cl2F3N6. The molecule has 6 nitrogen and oxygen atoms in total. The Morgan fingerprint density at radius 1 is 1.15 bits per heavy atom. The summed E-state index contributed by atoms with van der Waals surface area (Å²) in [6.07, 6.45) is -3.72. The predicted octanol–water partition coefficient (Wildman–Crippen LogP) is 4.46. The molecule has 1 aromatic carbocycles. The first-order chi connectivity index (χ1) is 16.3. The van der Waals surface area contributed by atoms with E-state index in [-0.39, 0.29) is 11.9 Å². The van der Waals surface area contributed by atoms with E-state index in [0.717, 1.165) is 43.5 Å². The first kappa shape index (κ1) is 23.7. The summed E-state index contributed by atoms with van der Waals surface area (Å²) in [7, 11) is 0. The number of halogens is 5. The summed E-state index contributed by atoms with van der Waals surface area (Å²) < 4.78 is 39.4. The standard InChI is InChI=1S/C23H25Cl2F3N6/c24-13-1-3-18-16(9-13)15-5-7-34(19(21(15)32-18)12-31-14-10-29-11-14)8-6-30-20-4-2-17(25)22(33-20)23(26,27)28/h1-4,9,14,19,29,31-32H,5-8,10-12H2,(H,30,33). The molecule has 2 aliphatic rings. The van der Waals surface area contributed by atoms with E-state index in [9.17, 15) is 13.2 Å². The molecule has 3 aromatic rings. The summed E-state index contributed by atoms with van der Waals surface area (Å²) in [5.74, 6) is 0.157. The third-order valence-electron chi connectivity index (χ3n) is 6.53. The smallest absolute Gasteiger partial charge is 0.369 e. The Balaban J connectivity index is 1.32. The van der Waals surface area contributed by atoms with Crippen LogP contribution in [0.15, 0.2) is 30.3 Å². The summed E-state index contributed by atoms with van der Waals surface area (Å²) in [5, 5.41) is 11.4. The quantitative estimate of drug-likeness (QED) is 0.376. The van der Waals surface area contributed by atoms with Crippen LogP contribution in [-0.4, -0.2) is 60.2 Å². The summed E-state index contributed by atoms with van der Waals surface area (Å²) >= 11 is 11.9. The Morgan fingerprint density at radius 2 is 1.97 bits per heavy atom. The van der Waals surface area contributed by atoms with Crippen molar-refractivity contribution < 1.29 is 13.2 Å². The number of nitrogens with one attached hydrogen (secondary N) is 4. The van der Waals surface area contributed by atoms with Gasteiger partial charge in [0.05, 0.1) is 11.1 Å². The van der Waals surface area contributed by atoms with Gasteiger partial charge in [-0.1, -0.05) is 23.2 Å². The van der Waals surface area contributed by atoms with Gasteiger partial charge in [0.2, 0.25) is 0 Å². The Bertz CT molecular complexity index is 1180. The molecular weight excluding hydrogens is 488 g/mol. The van der Waals surface area contributed by atoms with E-state index >= 15 is 0 Å². The summed E-state index contributed by atoms with van der Waals surface area (Å²) in [5.41, 5.74) is 2.45. The molecule has 182 valence electrons. The molecule has 4 N–H and O–H groups in total. The minimum absolute atomic E-state index is 0.112. The number of H-pyrrole nitrogens is 1. The average Bonchev–Trinajstić information content (AvgIpc) is 3.12. The largest absolute Gasteiger partial charge is 0.434 e. The lowest BCUT2D eigenvalue weighted by molar-refractivity contribution is -0.141. The van der Waals surface area contributed by atoms with Crippen LogP contribution in [0.4, 0.5) is 19.0 Å². The van der Waals surface area contributed by atoms with E-state index in [1.54, 1.807) is 0 Å². The Hall–Kier alpha value is -2.04. The Kier molecular flexibility index (Phi) is 6.65. The number of rotatable bonds is 7. The fourth-order valence-corrected chi connectivity index (χ4v) is 5.05. The van der Waals surface area contributed by atoms with Crippen molar-refractivity contribution in [2.24, 2.45) is 0 Å². The van der Waals surface area contributed by atoms with Gasteiger partial charge in [-0.05, 0) is 42.3 Å². The van der Waals surface area contributed by atoms with Crippen LogP contribution < -0.4 is 16.0 Å². The first-order valence-electron chi connectivity index (χ1n) is 11.3. The van der Waals surface area contributed by atoms with Crippen molar-refractivity contribution in [2.45, 2.75) is 24.7 Å². The Labute approximate surface area is 205 Å². The monoisotopic (exact) mass is 512 g/mol. The highest BCUT2D eigenvalue weighted by Crippen LogP contribution is 2.36. The van der Waals surface area contributed by atoms with E-state index in [0.29, 0.717) is 24.2 Å². The normalized spacial score (nSPS) is 19.3. The van der Waals surface area contributed by atoms with Gasteiger partial charge in [-0.25, -0.2) is 4.98 Å². The second-order valence-electron chi connectivity index (χ2n) is 8.72. The Morgan fingerprint density at radius 3 is 2.71 bits per heavy atom. The van der Waals surface area contributed by atoms with Gasteiger partial charge in [0.1, 0.15) is 5.82 Å². The number of hydrogen-bond donors (Lipinski definition) is 4. The number of alkyl halides is 3. The topological polar surface area (TPSA) is 68.0 Å². The predicted molar refractivity (Wildman–Crippen MR) is 129 cm³/mol. The molecule has 0 radical (unpaired) electrons. The highest BCUT2D eigenvalue weighted by atomic mass is 35.5. The molecule has 1 saturated heterocycles. The molecule has 34 heavy (non-hydrogen) atoms. The van der Waals surface area contributed by atoms with Gasteiger partial charge in [-0.2, -0.15) is 13.2 Å². The lowest BCUT2D eigenvalue weighted by Crippen LogP contribution is -2.57. The lowest BCUT2D eigenvalue weighted by atomic mass is 9.96. The molecule has 1 atom stereocenters. The molecule has 0 amide bonds. The van der Waals surface area contributed by atoms with Crippen LogP contribution >= 0.6 is 23.2 Å². The maximum atomic E-state index is 13.1. The van der Waals surface area contributed by atoms with E-state index in [4.69, 9.17) is 23.2 Å². The highest BCUT2D eigenvalue weighted by Gasteiger charge is 2.35. The van der Waals surface area contributed by atoms with Crippen LogP contribution in [0.5, 0.6) is 0 Å². The van der Waals surface area contributed by atoms with E-state index in [1.165, 1.54) is 23.4 Å². The van der Waals surface area contributed by atoms with Crippen molar-refractivity contribution in [1.82, 2.24) is 25.5 Å². The number of hydrogen-bond acceptors (Lipinski definition) is 5. The van der Waals surface area contributed by atoms with Gasteiger partial charge in [0.25, 0.3) is 0 Å². The number of nitrogens with zero attached hydrogens (tertiary/aromatic N) is 2. The second kappa shape index (κ2) is 9.54. The molecule has 1 fully saturated rings.